The summed E-state index contributed by atoms with van der Waals surface area (Å²) >= 11 is 0. The Kier molecular flexibility index (Phi) is 6.97. The highest BCUT2D eigenvalue weighted by Crippen LogP contribution is 2.19. The SMILES string of the molecule is COCCCN(CC(=O)Nc1ccon1)C(=O)c1ccccc1OC. The molecule has 8 heteroatoms. The van der Waals surface area contributed by atoms with Crippen LogP contribution in [-0.2, 0) is 9.53 Å². The van der Waals surface area contributed by atoms with Crippen LogP contribution >= 0.6 is 0 Å². The van der Waals surface area contributed by atoms with Crippen LogP contribution in [-0.4, -0.2) is 55.8 Å². The lowest BCUT2D eigenvalue weighted by Gasteiger charge is -2.23. The summed E-state index contributed by atoms with van der Waals surface area (Å²) in [6, 6.07) is 8.42. The summed E-state index contributed by atoms with van der Waals surface area (Å²) in [6.45, 7) is 0.741. The first-order valence-corrected chi connectivity index (χ1v) is 7.77. The van der Waals surface area contributed by atoms with Crippen LogP contribution < -0.4 is 10.1 Å². The molecule has 1 aromatic carbocycles. The summed E-state index contributed by atoms with van der Waals surface area (Å²) in [5, 5.41) is 6.20. The molecule has 134 valence electrons. The second kappa shape index (κ2) is 9.43. The molecule has 1 aromatic heterocycles. The summed E-state index contributed by atoms with van der Waals surface area (Å²) < 4.78 is 14.9. The molecular weight excluding hydrogens is 326 g/mol. The van der Waals surface area contributed by atoms with Gasteiger partial charge in [-0.05, 0) is 18.6 Å². The minimum atomic E-state index is -0.366. The van der Waals surface area contributed by atoms with Crippen LogP contribution in [0.25, 0.3) is 0 Å². The van der Waals surface area contributed by atoms with E-state index in [4.69, 9.17) is 9.47 Å². The maximum absolute atomic E-state index is 12.8. The maximum Gasteiger partial charge on any atom is 0.258 e. The number of carbonyl (C=O) groups excluding carboxylic acids is 2. The molecule has 0 unspecified atom stereocenters. The van der Waals surface area contributed by atoms with Gasteiger partial charge < -0.3 is 24.2 Å². The maximum atomic E-state index is 12.8. The summed E-state index contributed by atoms with van der Waals surface area (Å²) in [6.07, 6.45) is 1.96. The normalized spacial score (nSPS) is 10.3. The number of hydrogen-bond donors (Lipinski definition) is 1. The number of amides is 2. The number of nitrogens with one attached hydrogen (secondary N) is 1. The Morgan fingerprint density at radius 1 is 1.24 bits per heavy atom. The van der Waals surface area contributed by atoms with E-state index in [-0.39, 0.29) is 18.4 Å². The van der Waals surface area contributed by atoms with E-state index in [0.717, 1.165) is 0 Å². The first-order chi connectivity index (χ1) is 12.2. The summed E-state index contributed by atoms with van der Waals surface area (Å²) in [5.74, 6) is 0.103. The largest absolute Gasteiger partial charge is 0.496 e. The first kappa shape index (κ1) is 18.5. The van der Waals surface area contributed by atoms with E-state index in [9.17, 15) is 9.59 Å². The van der Waals surface area contributed by atoms with Crippen LogP contribution in [0.3, 0.4) is 0 Å². The first-order valence-electron chi connectivity index (χ1n) is 7.77. The van der Waals surface area contributed by atoms with Gasteiger partial charge in [0.1, 0.15) is 18.6 Å². The van der Waals surface area contributed by atoms with E-state index in [1.54, 1.807) is 31.4 Å². The van der Waals surface area contributed by atoms with Crippen molar-refractivity contribution in [2.75, 3.05) is 39.2 Å². The van der Waals surface area contributed by atoms with Crippen molar-refractivity contribution in [3.05, 3.63) is 42.2 Å². The van der Waals surface area contributed by atoms with Gasteiger partial charge in [0.2, 0.25) is 5.91 Å². The highest BCUT2D eigenvalue weighted by atomic mass is 16.5. The van der Waals surface area contributed by atoms with E-state index < -0.39 is 0 Å². The number of methoxy groups -OCH3 is 2. The molecule has 0 radical (unpaired) electrons. The van der Waals surface area contributed by atoms with E-state index >= 15 is 0 Å². The van der Waals surface area contributed by atoms with E-state index in [1.165, 1.54) is 24.3 Å². The fourth-order valence-electron chi connectivity index (χ4n) is 2.28. The Morgan fingerprint density at radius 3 is 2.72 bits per heavy atom. The van der Waals surface area contributed by atoms with Gasteiger partial charge in [-0.3, -0.25) is 9.59 Å². The number of aromatic nitrogens is 1. The van der Waals surface area contributed by atoms with Crippen molar-refractivity contribution in [1.29, 1.82) is 0 Å². The second-order valence-electron chi connectivity index (χ2n) is 5.21. The van der Waals surface area contributed by atoms with E-state index in [1.807, 2.05) is 0 Å². The lowest BCUT2D eigenvalue weighted by Crippen LogP contribution is -2.39. The van der Waals surface area contributed by atoms with Gasteiger partial charge in [-0.1, -0.05) is 17.3 Å². The Labute approximate surface area is 145 Å². The number of carbonyl (C=O) groups is 2. The molecular formula is C17H21N3O5. The van der Waals surface area contributed by atoms with Gasteiger partial charge in [0.05, 0.1) is 12.7 Å². The standard InChI is InChI=1S/C17H21N3O5/c1-23-10-5-9-20(12-16(21)18-15-8-11-25-19-15)17(22)13-6-3-4-7-14(13)24-2/h3-4,6-8,11H,5,9-10,12H2,1-2H3,(H,18,19,21). The number of anilines is 1. The quantitative estimate of drug-likeness (QED) is 0.695. The monoisotopic (exact) mass is 347 g/mol. The molecule has 1 N–H and O–H groups in total. The number of hydrogen-bond acceptors (Lipinski definition) is 6. The van der Waals surface area contributed by atoms with Gasteiger partial charge in [0.15, 0.2) is 5.82 Å². The lowest BCUT2D eigenvalue weighted by molar-refractivity contribution is -0.117. The van der Waals surface area contributed by atoms with Gasteiger partial charge in [-0.25, -0.2) is 0 Å². The predicted molar refractivity (Wildman–Crippen MR) is 90.5 cm³/mol. The topological polar surface area (TPSA) is 93.9 Å². The molecule has 2 amide bonds. The Morgan fingerprint density at radius 2 is 2.04 bits per heavy atom. The van der Waals surface area contributed by atoms with Crippen LogP contribution in [0.5, 0.6) is 5.75 Å². The molecule has 0 fully saturated rings. The number of nitrogens with zero attached hydrogens (tertiary/aromatic N) is 2. The lowest BCUT2D eigenvalue weighted by atomic mass is 10.1. The van der Waals surface area contributed by atoms with Crippen molar-refractivity contribution in [3.63, 3.8) is 0 Å². The third kappa shape index (κ3) is 5.32. The third-order valence-electron chi connectivity index (χ3n) is 3.44. The van der Waals surface area contributed by atoms with Gasteiger partial charge in [-0.2, -0.15) is 0 Å². The zero-order chi connectivity index (χ0) is 18.1. The fourth-order valence-corrected chi connectivity index (χ4v) is 2.28. The van der Waals surface area contributed by atoms with Crippen LogP contribution in [0.1, 0.15) is 16.8 Å². The zero-order valence-corrected chi connectivity index (χ0v) is 14.2. The van der Waals surface area contributed by atoms with E-state index in [2.05, 4.69) is 15.0 Å². The van der Waals surface area contributed by atoms with Gasteiger partial charge in [0.25, 0.3) is 5.91 Å². The molecule has 2 rings (SSSR count). The van der Waals surface area contributed by atoms with Gasteiger partial charge in [-0.15, -0.1) is 0 Å². The second-order valence-corrected chi connectivity index (χ2v) is 5.21. The molecule has 0 atom stereocenters. The van der Waals surface area contributed by atoms with Crippen molar-refractivity contribution in [3.8, 4) is 5.75 Å². The summed E-state index contributed by atoms with van der Waals surface area (Å²) in [4.78, 5) is 26.5. The molecule has 2 aromatic rings. The molecule has 0 bridgehead atoms. The average Bonchev–Trinajstić information content (AvgIpc) is 3.13. The Bertz CT molecular complexity index is 687. The fraction of sp³-hybridized carbons (Fsp3) is 0.353. The van der Waals surface area contributed by atoms with Crippen molar-refractivity contribution < 1.29 is 23.6 Å². The third-order valence-corrected chi connectivity index (χ3v) is 3.44. The van der Waals surface area contributed by atoms with Crippen molar-refractivity contribution in [2.45, 2.75) is 6.42 Å². The molecule has 1 heterocycles. The molecule has 0 aliphatic rings. The van der Waals surface area contributed by atoms with Crippen LogP contribution in [0.15, 0.2) is 41.1 Å². The highest BCUT2D eigenvalue weighted by Gasteiger charge is 2.21. The van der Waals surface area contributed by atoms with Crippen molar-refractivity contribution >= 4 is 17.6 Å². The number of rotatable bonds is 9. The van der Waals surface area contributed by atoms with E-state index in [0.29, 0.717) is 36.7 Å². The van der Waals surface area contributed by atoms with Crippen LogP contribution in [0.2, 0.25) is 0 Å². The molecule has 0 aliphatic carbocycles. The van der Waals surface area contributed by atoms with Gasteiger partial charge in [0, 0.05) is 26.3 Å². The van der Waals surface area contributed by atoms with Gasteiger partial charge >= 0.3 is 0 Å². The predicted octanol–water partition coefficient (Wildman–Crippen LogP) is 1.80. The minimum Gasteiger partial charge on any atom is -0.496 e. The number of para-hydroxylation sites is 1. The number of benzene rings is 1. The number of ether oxygens (including phenoxy) is 2. The summed E-state index contributed by atoms with van der Waals surface area (Å²) in [7, 11) is 3.09. The Hall–Kier alpha value is -2.87. The molecule has 0 saturated heterocycles. The Balaban J connectivity index is 2.10. The van der Waals surface area contributed by atoms with Crippen LogP contribution in [0.4, 0.5) is 5.82 Å². The molecule has 25 heavy (non-hydrogen) atoms. The minimum absolute atomic E-state index is 0.118. The van der Waals surface area contributed by atoms with Crippen molar-refractivity contribution in [2.24, 2.45) is 0 Å². The molecule has 0 saturated carbocycles. The van der Waals surface area contributed by atoms with Crippen LogP contribution in [0, 0.1) is 0 Å². The zero-order valence-electron chi connectivity index (χ0n) is 14.2. The smallest absolute Gasteiger partial charge is 0.258 e. The molecule has 8 nitrogen and oxygen atoms in total. The van der Waals surface area contributed by atoms with Crippen molar-refractivity contribution in [1.82, 2.24) is 10.1 Å². The molecule has 0 aliphatic heterocycles. The molecule has 0 spiro atoms. The summed E-state index contributed by atoms with van der Waals surface area (Å²) in [5.41, 5.74) is 0.400. The average molecular weight is 347 g/mol. The highest BCUT2D eigenvalue weighted by molar-refractivity contribution is 6.00.